The van der Waals surface area contributed by atoms with Crippen molar-refractivity contribution < 1.29 is 9.66 Å². The minimum absolute atomic E-state index is 0.00358. The lowest BCUT2D eigenvalue weighted by Gasteiger charge is -2.20. The summed E-state index contributed by atoms with van der Waals surface area (Å²) in [5, 5.41) is 23.2. The van der Waals surface area contributed by atoms with Crippen molar-refractivity contribution >= 4 is 11.4 Å². The molecule has 2 aromatic carbocycles. The standard InChI is InChI=1S/C18H17N3O3/c19-11-13-6-7-16(17(10-13)21(22)23)20-12-15-8-9-24-18(15)14-4-2-1-3-5-14/h1-7,10,15,18,20H,8-9,12H2. The molecule has 1 saturated heterocycles. The van der Waals surface area contributed by atoms with Gasteiger partial charge in [0.15, 0.2) is 0 Å². The van der Waals surface area contributed by atoms with Crippen LogP contribution in [-0.4, -0.2) is 18.1 Å². The topological polar surface area (TPSA) is 88.2 Å². The normalized spacial score (nSPS) is 19.6. The zero-order valence-electron chi connectivity index (χ0n) is 13.0. The fourth-order valence-electron chi connectivity index (χ4n) is 3.00. The van der Waals surface area contributed by atoms with Gasteiger partial charge in [0.25, 0.3) is 5.69 Å². The number of rotatable bonds is 5. The predicted molar refractivity (Wildman–Crippen MR) is 89.5 cm³/mol. The van der Waals surface area contributed by atoms with Gasteiger partial charge in [-0.15, -0.1) is 0 Å². The van der Waals surface area contributed by atoms with E-state index in [0.717, 1.165) is 12.0 Å². The molecule has 0 spiro atoms. The van der Waals surface area contributed by atoms with E-state index in [4.69, 9.17) is 10.00 Å². The Morgan fingerprint density at radius 3 is 2.79 bits per heavy atom. The van der Waals surface area contributed by atoms with Gasteiger partial charge in [0.2, 0.25) is 0 Å². The maximum Gasteiger partial charge on any atom is 0.293 e. The highest BCUT2D eigenvalue weighted by atomic mass is 16.6. The van der Waals surface area contributed by atoms with E-state index in [1.54, 1.807) is 12.1 Å². The Balaban J connectivity index is 1.74. The van der Waals surface area contributed by atoms with Gasteiger partial charge in [-0.1, -0.05) is 30.3 Å². The molecule has 2 atom stereocenters. The maximum absolute atomic E-state index is 11.2. The van der Waals surface area contributed by atoms with E-state index < -0.39 is 4.92 Å². The van der Waals surface area contributed by atoms with E-state index in [-0.39, 0.29) is 23.3 Å². The van der Waals surface area contributed by atoms with E-state index in [1.165, 1.54) is 6.07 Å². The molecule has 2 unspecified atom stereocenters. The first-order chi connectivity index (χ1) is 11.7. The van der Waals surface area contributed by atoms with Gasteiger partial charge in [0.1, 0.15) is 5.69 Å². The number of ether oxygens (including phenoxy) is 1. The van der Waals surface area contributed by atoms with E-state index in [0.29, 0.717) is 18.8 Å². The minimum atomic E-state index is -0.469. The number of nitrogens with one attached hydrogen (secondary N) is 1. The van der Waals surface area contributed by atoms with Crippen LogP contribution in [0.4, 0.5) is 11.4 Å². The number of nitro benzene ring substituents is 1. The highest BCUT2D eigenvalue weighted by Crippen LogP contribution is 2.35. The van der Waals surface area contributed by atoms with Gasteiger partial charge in [-0.05, 0) is 24.1 Å². The molecule has 1 fully saturated rings. The van der Waals surface area contributed by atoms with Gasteiger partial charge >= 0.3 is 0 Å². The Morgan fingerprint density at radius 2 is 2.08 bits per heavy atom. The summed E-state index contributed by atoms with van der Waals surface area (Å²) in [6.07, 6.45) is 0.896. The third-order valence-electron chi connectivity index (χ3n) is 4.22. The van der Waals surface area contributed by atoms with E-state index in [1.807, 2.05) is 36.4 Å². The number of nitrogens with zero attached hydrogens (tertiary/aromatic N) is 2. The summed E-state index contributed by atoms with van der Waals surface area (Å²) in [6.45, 7) is 1.26. The Bertz CT molecular complexity index is 771. The SMILES string of the molecule is N#Cc1ccc(NCC2CCOC2c2ccccc2)c([N+](=O)[O-])c1. The highest BCUT2D eigenvalue weighted by Gasteiger charge is 2.29. The van der Waals surface area contributed by atoms with Gasteiger partial charge in [-0.25, -0.2) is 0 Å². The van der Waals surface area contributed by atoms with Crippen molar-refractivity contribution in [1.29, 1.82) is 5.26 Å². The largest absolute Gasteiger partial charge is 0.379 e. The molecule has 24 heavy (non-hydrogen) atoms. The average molecular weight is 323 g/mol. The van der Waals surface area contributed by atoms with Crippen LogP contribution in [0.1, 0.15) is 23.7 Å². The first kappa shape index (κ1) is 16.0. The monoisotopic (exact) mass is 323 g/mol. The molecule has 0 bridgehead atoms. The van der Waals surface area contributed by atoms with Crippen molar-refractivity contribution in [3.8, 4) is 6.07 Å². The fourth-order valence-corrected chi connectivity index (χ4v) is 3.00. The molecule has 122 valence electrons. The number of nitriles is 1. The number of anilines is 1. The molecule has 0 saturated carbocycles. The smallest absolute Gasteiger partial charge is 0.293 e. The third-order valence-corrected chi connectivity index (χ3v) is 4.22. The van der Waals surface area contributed by atoms with Gasteiger partial charge in [0.05, 0.1) is 22.7 Å². The summed E-state index contributed by atoms with van der Waals surface area (Å²) in [4.78, 5) is 10.7. The Morgan fingerprint density at radius 1 is 1.29 bits per heavy atom. The van der Waals surface area contributed by atoms with Crippen molar-refractivity contribution in [1.82, 2.24) is 0 Å². The molecule has 0 radical (unpaired) electrons. The Hall–Kier alpha value is -2.91. The summed E-state index contributed by atoms with van der Waals surface area (Å²) in [5.41, 5.74) is 1.75. The lowest BCUT2D eigenvalue weighted by molar-refractivity contribution is -0.384. The second-order valence-electron chi connectivity index (χ2n) is 5.73. The fraction of sp³-hybridized carbons (Fsp3) is 0.278. The number of hydrogen-bond donors (Lipinski definition) is 1. The minimum Gasteiger partial charge on any atom is -0.379 e. The average Bonchev–Trinajstić information content (AvgIpc) is 3.09. The molecule has 6 heteroatoms. The molecule has 6 nitrogen and oxygen atoms in total. The summed E-state index contributed by atoms with van der Waals surface area (Å²) in [6, 6.07) is 16.4. The first-order valence-corrected chi connectivity index (χ1v) is 7.78. The van der Waals surface area contributed by atoms with Crippen LogP contribution < -0.4 is 5.32 Å². The van der Waals surface area contributed by atoms with Crippen LogP contribution in [0.25, 0.3) is 0 Å². The van der Waals surface area contributed by atoms with Gasteiger partial charge < -0.3 is 10.1 Å². The number of benzene rings is 2. The van der Waals surface area contributed by atoms with Crippen molar-refractivity contribution in [3.63, 3.8) is 0 Å². The van der Waals surface area contributed by atoms with Crippen LogP contribution in [0, 0.1) is 27.4 Å². The summed E-state index contributed by atoms with van der Waals surface area (Å²) in [5.74, 6) is 0.239. The van der Waals surface area contributed by atoms with Crippen LogP contribution in [0.15, 0.2) is 48.5 Å². The molecule has 3 rings (SSSR count). The zero-order valence-corrected chi connectivity index (χ0v) is 13.0. The van der Waals surface area contributed by atoms with Crippen LogP contribution in [0.3, 0.4) is 0 Å². The highest BCUT2D eigenvalue weighted by molar-refractivity contribution is 5.64. The molecule has 2 aromatic rings. The van der Waals surface area contributed by atoms with Crippen molar-refractivity contribution in [2.24, 2.45) is 5.92 Å². The first-order valence-electron chi connectivity index (χ1n) is 7.78. The predicted octanol–water partition coefficient (Wildman–Crippen LogP) is 3.66. The van der Waals surface area contributed by atoms with E-state index in [2.05, 4.69) is 5.32 Å². The molecule has 0 amide bonds. The summed E-state index contributed by atoms with van der Waals surface area (Å²) in [7, 11) is 0. The van der Waals surface area contributed by atoms with E-state index >= 15 is 0 Å². The molecular weight excluding hydrogens is 306 g/mol. The quantitative estimate of drug-likeness (QED) is 0.670. The zero-order chi connectivity index (χ0) is 16.9. The molecule has 1 aliphatic heterocycles. The second-order valence-corrected chi connectivity index (χ2v) is 5.73. The van der Waals surface area contributed by atoms with Crippen molar-refractivity contribution in [2.45, 2.75) is 12.5 Å². The number of hydrogen-bond acceptors (Lipinski definition) is 5. The van der Waals surface area contributed by atoms with Crippen LogP contribution in [-0.2, 0) is 4.74 Å². The number of nitro groups is 1. The molecule has 0 aliphatic carbocycles. The maximum atomic E-state index is 11.2. The van der Waals surface area contributed by atoms with E-state index in [9.17, 15) is 10.1 Å². The van der Waals surface area contributed by atoms with Gasteiger partial charge in [-0.3, -0.25) is 10.1 Å². The third kappa shape index (κ3) is 3.36. The summed E-state index contributed by atoms with van der Waals surface area (Å²) < 4.78 is 5.84. The van der Waals surface area contributed by atoms with Crippen LogP contribution in [0.2, 0.25) is 0 Å². The molecule has 0 aromatic heterocycles. The van der Waals surface area contributed by atoms with Gasteiger partial charge in [-0.2, -0.15) is 5.26 Å². The van der Waals surface area contributed by atoms with Crippen LogP contribution >= 0.6 is 0 Å². The van der Waals surface area contributed by atoms with Crippen molar-refractivity contribution in [2.75, 3.05) is 18.5 Å². The lowest BCUT2D eigenvalue weighted by Crippen LogP contribution is -2.18. The molecular formula is C18H17N3O3. The summed E-state index contributed by atoms with van der Waals surface area (Å²) >= 11 is 0. The molecule has 1 heterocycles. The second kappa shape index (κ2) is 7.11. The van der Waals surface area contributed by atoms with Gasteiger partial charge in [0, 0.05) is 25.1 Å². The molecule has 1 aliphatic rings. The van der Waals surface area contributed by atoms with Crippen molar-refractivity contribution in [3.05, 3.63) is 69.8 Å². The lowest BCUT2D eigenvalue weighted by atomic mass is 9.95. The van der Waals surface area contributed by atoms with Crippen LogP contribution in [0.5, 0.6) is 0 Å². The Labute approximate surface area is 139 Å². The molecule has 1 N–H and O–H groups in total. The Kier molecular flexibility index (Phi) is 4.73.